The van der Waals surface area contributed by atoms with Crippen molar-refractivity contribution in [2.24, 2.45) is 0 Å². The van der Waals surface area contributed by atoms with Crippen molar-refractivity contribution in [3.63, 3.8) is 0 Å². The summed E-state index contributed by atoms with van der Waals surface area (Å²) >= 11 is 0. The Bertz CT molecular complexity index is 1330. The summed E-state index contributed by atoms with van der Waals surface area (Å²) in [6, 6.07) is 20.7. The summed E-state index contributed by atoms with van der Waals surface area (Å²) in [7, 11) is 4.08. The van der Waals surface area contributed by atoms with Crippen LogP contribution in [0.5, 0.6) is 0 Å². The first kappa shape index (κ1) is 21.4. The predicted octanol–water partition coefficient (Wildman–Crippen LogP) is 5.46. The summed E-state index contributed by atoms with van der Waals surface area (Å²) in [6.07, 6.45) is 7.00. The second-order valence-corrected chi connectivity index (χ2v) is 10.1. The molecule has 0 saturated heterocycles. The van der Waals surface area contributed by atoms with Gasteiger partial charge in [-0.05, 0) is 78.1 Å². The van der Waals surface area contributed by atoms with E-state index in [1.54, 1.807) is 0 Å². The van der Waals surface area contributed by atoms with Crippen LogP contribution in [-0.4, -0.2) is 36.1 Å². The highest BCUT2D eigenvalue weighted by Crippen LogP contribution is 2.33. The van der Waals surface area contributed by atoms with Crippen LogP contribution in [0.3, 0.4) is 0 Å². The summed E-state index contributed by atoms with van der Waals surface area (Å²) in [6.45, 7) is 0.947. The van der Waals surface area contributed by atoms with Crippen LogP contribution in [0.4, 0.5) is 11.8 Å². The van der Waals surface area contributed by atoms with Crippen LogP contribution in [0.15, 0.2) is 54.6 Å². The van der Waals surface area contributed by atoms with E-state index in [-0.39, 0.29) is 0 Å². The third-order valence-electron chi connectivity index (χ3n) is 7.62. The molecule has 0 bridgehead atoms. The Kier molecular flexibility index (Phi) is 5.58. The standard InChI is InChI=1S/C29H33N5/c1-34(2)28-25-7-3-4-9-26(25)32-29(33-28)31-23-16-14-22(15-17-23)30-18-21-13-12-20-11-10-19-6-5-8-24(21)27(19)20/h3-9,12-13,22-23,30H,10-11,14-18H2,1-2H3,(H,31,32,33). The van der Waals surface area contributed by atoms with Crippen LogP contribution < -0.4 is 15.5 Å². The van der Waals surface area contributed by atoms with Crippen molar-refractivity contribution in [1.82, 2.24) is 15.3 Å². The monoisotopic (exact) mass is 451 g/mol. The van der Waals surface area contributed by atoms with Gasteiger partial charge in [-0.3, -0.25) is 0 Å². The van der Waals surface area contributed by atoms with Crippen molar-refractivity contribution < 1.29 is 0 Å². The van der Waals surface area contributed by atoms with Gasteiger partial charge in [-0.25, -0.2) is 4.98 Å². The minimum absolute atomic E-state index is 0.422. The lowest BCUT2D eigenvalue weighted by atomic mass is 9.91. The highest BCUT2D eigenvalue weighted by molar-refractivity contribution is 5.93. The molecule has 0 radical (unpaired) electrons. The molecule has 34 heavy (non-hydrogen) atoms. The fourth-order valence-corrected chi connectivity index (χ4v) is 5.81. The average molecular weight is 452 g/mol. The molecule has 1 fully saturated rings. The van der Waals surface area contributed by atoms with Crippen molar-refractivity contribution in [3.8, 4) is 0 Å². The van der Waals surface area contributed by atoms with Gasteiger partial charge >= 0.3 is 0 Å². The van der Waals surface area contributed by atoms with Gasteiger partial charge in [0, 0.05) is 38.1 Å². The zero-order chi connectivity index (χ0) is 23.1. The van der Waals surface area contributed by atoms with Crippen molar-refractivity contribution >= 4 is 33.4 Å². The van der Waals surface area contributed by atoms with Gasteiger partial charge in [0.05, 0.1) is 5.52 Å². The molecule has 0 amide bonds. The SMILES string of the molecule is CN(C)c1nc(NC2CCC(NCc3ccc4c5c(cccc35)CC4)CC2)nc2ccccc12. The molecular formula is C29H33N5. The van der Waals surface area contributed by atoms with Gasteiger partial charge in [0.15, 0.2) is 0 Å². The van der Waals surface area contributed by atoms with Crippen LogP contribution in [0.25, 0.3) is 21.7 Å². The smallest absolute Gasteiger partial charge is 0.225 e. The molecule has 5 nitrogen and oxygen atoms in total. The lowest BCUT2D eigenvalue weighted by Gasteiger charge is -2.30. The van der Waals surface area contributed by atoms with E-state index in [1.807, 2.05) is 26.2 Å². The van der Waals surface area contributed by atoms with Crippen molar-refractivity contribution in [2.75, 3.05) is 24.3 Å². The zero-order valence-corrected chi connectivity index (χ0v) is 20.1. The molecule has 3 aromatic carbocycles. The highest BCUT2D eigenvalue weighted by Gasteiger charge is 2.23. The van der Waals surface area contributed by atoms with Gasteiger partial charge in [-0.1, -0.05) is 42.5 Å². The largest absolute Gasteiger partial charge is 0.362 e. The second-order valence-electron chi connectivity index (χ2n) is 10.1. The lowest BCUT2D eigenvalue weighted by Crippen LogP contribution is -2.37. The number of aromatic nitrogens is 2. The van der Waals surface area contributed by atoms with Crippen molar-refractivity contribution in [1.29, 1.82) is 0 Å². The molecule has 2 N–H and O–H groups in total. The van der Waals surface area contributed by atoms with E-state index in [9.17, 15) is 0 Å². The Labute approximate surface area is 201 Å². The molecule has 1 aromatic heterocycles. The van der Waals surface area contributed by atoms with Crippen LogP contribution in [0, 0.1) is 0 Å². The average Bonchev–Trinajstić information content (AvgIpc) is 3.29. The Morgan fingerprint density at radius 2 is 1.53 bits per heavy atom. The first-order valence-electron chi connectivity index (χ1n) is 12.6. The first-order chi connectivity index (χ1) is 16.7. The Morgan fingerprint density at radius 3 is 2.35 bits per heavy atom. The summed E-state index contributed by atoms with van der Waals surface area (Å²) in [5.41, 5.74) is 5.47. The minimum atomic E-state index is 0.422. The second kappa shape index (κ2) is 8.88. The zero-order valence-electron chi connectivity index (χ0n) is 20.1. The van der Waals surface area contributed by atoms with E-state index in [1.165, 1.54) is 53.1 Å². The summed E-state index contributed by atoms with van der Waals surface area (Å²) < 4.78 is 0. The maximum atomic E-state index is 4.83. The number of hydrogen-bond acceptors (Lipinski definition) is 5. The molecule has 2 aliphatic rings. The Morgan fingerprint density at radius 1 is 0.794 bits per heavy atom. The van der Waals surface area contributed by atoms with Gasteiger partial charge < -0.3 is 15.5 Å². The van der Waals surface area contributed by atoms with Crippen molar-refractivity contribution in [2.45, 2.75) is 57.2 Å². The van der Waals surface area contributed by atoms with Crippen molar-refractivity contribution in [3.05, 3.63) is 71.3 Å². The van der Waals surface area contributed by atoms with Crippen LogP contribution in [0.1, 0.15) is 42.4 Å². The summed E-state index contributed by atoms with van der Waals surface area (Å²) in [4.78, 5) is 11.7. The van der Waals surface area contributed by atoms with E-state index >= 15 is 0 Å². The highest BCUT2D eigenvalue weighted by atomic mass is 15.2. The summed E-state index contributed by atoms with van der Waals surface area (Å²) in [5, 5.41) is 11.5. The van der Waals surface area contributed by atoms with E-state index in [2.05, 4.69) is 58.0 Å². The van der Waals surface area contributed by atoms with E-state index in [0.29, 0.717) is 12.1 Å². The van der Waals surface area contributed by atoms with Gasteiger partial charge in [-0.2, -0.15) is 4.98 Å². The van der Waals surface area contributed by atoms with E-state index < -0.39 is 0 Å². The number of benzene rings is 3. The van der Waals surface area contributed by atoms with Gasteiger partial charge in [0.2, 0.25) is 5.95 Å². The summed E-state index contributed by atoms with van der Waals surface area (Å²) in [5.74, 6) is 1.71. The van der Waals surface area contributed by atoms with Gasteiger partial charge in [0.1, 0.15) is 5.82 Å². The molecule has 1 saturated carbocycles. The number of hydrogen-bond donors (Lipinski definition) is 2. The molecule has 0 unspecified atom stereocenters. The molecule has 0 spiro atoms. The maximum Gasteiger partial charge on any atom is 0.225 e. The number of aryl methyl sites for hydroxylation is 2. The number of para-hydroxylation sites is 1. The third kappa shape index (κ3) is 3.98. The molecule has 4 aromatic rings. The van der Waals surface area contributed by atoms with Crippen LogP contribution in [0.2, 0.25) is 0 Å². The molecule has 174 valence electrons. The van der Waals surface area contributed by atoms with E-state index in [4.69, 9.17) is 9.97 Å². The van der Waals surface area contributed by atoms with Crippen LogP contribution in [-0.2, 0) is 19.4 Å². The minimum Gasteiger partial charge on any atom is -0.362 e. The molecule has 0 atom stereocenters. The molecule has 1 heterocycles. The van der Waals surface area contributed by atoms with Gasteiger partial charge in [0.25, 0.3) is 0 Å². The molecular weight excluding hydrogens is 418 g/mol. The first-order valence-corrected chi connectivity index (χ1v) is 12.6. The topological polar surface area (TPSA) is 53.1 Å². The van der Waals surface area contributed by atoms with Gasteiger partial charge in [-0.15, -0.1) is 0 Å². The van der Waals surface area contributed by atoms with E-state index in [0.717, 1.165) is 42.1 Å². The molecule has 5 heteroatoms. The maximum absolute atomic E-state index is 4.83. The number of rotatable bonds is 6. The fraction of sp³-hybridized carbons (Fsp3) is 0.379. The Hall–Kier alpha value is -3.18. The Balaban J connectivity index is 1.09. The molecule has 2 aliphatic carbocycles. The van der Waals surface area contributed by atoms with Crippen LogP contribution >= 0.6 is 0 Å². The lowest BCUT2D eigenvalue weighted by molar-refractivity contribution is 0.352. The predicted molar refractivity (Wildman–Crippen MR) is 142 cm³/mol. The fourth-order valence-electron chi connectivity index (χ4n) is 5.81. The molecule has 6 rings (SSSR count). The number of nitrogens with one attached hydrogen (secondary N) is 2. The quantitative estimate of drug-likeness (QED) is 0.408. The number of anilines is 2. The number of nitrogens with zero attached hydrogens (tertiary/aromatic N) is 3. The normalized spacial score (nSPS) is 19.6. The number of fused-ring (bicyclic) bond motifs is 1. The molecule has 0 aliphatic heterocycles. The third-order valence-corrected chi connectivity index (χ3v) is 7.62.